The van der Waals surface area contributed by atoms with Crippen LogP contribution in [-0.4, -0.2) is 17.9 Å². The van der Waals surface area contributed by atoms with Gasteiger partial charge in [-0.15, -0.1) is 0 Å². The molecular weight excluding hydrogens is 188 g/mol. The Kier molecular flexibility index (Phi) is 2.93. The van der Waals surface area contributed by atoms with Crippen molar-refractivity contribution in [1.82, 2.24) is 5.43 Å². The minimum Gasteiger partial charge on any atom is -0.372 e. The zero-order chi connectivity index (χ0) is 10.8. The molecule has 1 fully saturated rings. The Balaban J connectivity index is 2.16. The molecule has 0 spiro atoms. The van der Waals surface area contributed by atoms with Gasteiger partial charge in [-0.05, 0) is 23.6 Å². The maximum Gasteiger partial charge on any atom is 0.142 e. The van der Waals surface area contributed by atoms with Crippen LogP contribution in [0.15, 0.2) is 24.3 Å². The van der Waals surface area contributed by atoms with E-state index < -0.39 is 6.23 Å². The average Bonchev–Trinajstić information content (AvgIpc) is 2.65. The zero-order valence-electron chi connectivity index (χ0n) is 9.27. The predicted octanol–water partition coefficient (Wildman–Crippen LogP) is 1.84. The van der Waals surface area contributed by atoms with Crippen LogP contribution in [0.25, 0.3) is 0 Å². The van der Waals surface area contributed by atoms with Crippen molar-refractivity contribution in [3.05, 3.63) is 29.8 Å². The summed E-state index contributed by atoms with van der Waals surface area (Å²) in [6, 6.07) is 8.34. The van der Waals surface area contributed by atoms with Crippen molar-refractivity contribution in [2.45, 2.75) is 32.4 Å². The first kappa shape index (κ1) is 10.5. The van der Waals surface area contributed by atoms with Gasteiger partial charge in [-0.1, -0.05) is 26.0 Å². The molecule has 0 bridgehead atoms. The fraction of sp³-hybridized carbons (Fsp3) is 0.500. The molecule has 2 rings (SSSR count). The van der Waals surface area contributed by atoms with E-state index in [1.165, 1.54) is 5.56 Å². The van der Waals surface area contributed by atoms with Crippen molar-refractivity contribution in [3.63, 3.8) is 0 Å². The summed E-state index contributed by atoms with van der Waals surface area (Å²) in [5.41, 5.74) is 5.51. The van der Waals surface area contributed by atoms with E-state index in [9.17, 15) is 5.11 Å². The van der Waals surface area contributed by atoms with Gasteiger partial charge in [0.05, 0.1) is 5.69 Å². The van der Waals surface area contributed by atoms with Crippen molar-refractivity contribution in [1.29, 1.82) is 0 Å². The minimum atomic E-state index is -0.394. The second-order valence-electron chi connectivity index (χ2n) is 4.29. The maximum absolute atomic E-state index is 9.68. The molecule has 0 saturated carbocycles. The van der Waals surface area contributed by atoms with Gasteiger partial charge in [0.15, 0.2) is 0 Å². The Morgan fingerprint density at radius 1 is 1.33 bits per heavy atom. The molecule has 15 heavy (non-hydrogen) atoms. The monoisotopic (exact) mass is 206 g/mol. The third-order valence-corrected chi connectivity index (χ3v) is 2.82. The summed E-state index contributed by atoms with van der Waals surface area (Å²) >= 11 is 0. The second-order valence-corrected chi connectivity index (χ2v) is 4.29. The van der Waals surface area contributed by atoms with E-state index in [4.69, 9.17) is 0 Å². The number of hydrogen-bond acceptors (Lipinski definition) is 3. The predicted molar refractivity (Wildman–Crippen MR) is 61.6 cm³/mol. The van der Waals surface area contributed by atoms with Crippen LogP contribution in [0.5, 0.6) is 0 Å². The van der Waals surface area contributed by atoms with Gasteiger partial charge in [0, 0.05) is 13.0 Å². The molecule has 0 aromatic heterocycles. The number of hydrogen-bond donors (Lipinski definition) is 2. The van der Waals surface area contributed by atoms with Crippen LogP contribution in [0.4, 0.5) is 5.69 Å². The highest BCUT2D eigenvalue weighted by Gasteiger charge is 2.21. The first-order valence-electron chi connectivity index (χ1n) is 5.49. The lowest BCUT2D eigenvalue weighted by Crippen LogP contribution is -2.36. The van der Waals surface area contributed by atoms with Gasteiger partial charge in [0.1, 0.15) is 6.23 Å². The molecule has 1 atom stereocenters. The Hall–Kier alpha value is -1.06. The van der Waals surface area contributed by atoms with Gasteiger partial charge in [0.2, 0.25) is 0 Å². The fourth-order valence-corrected chi connectivity index (χ4v) is 1.83. The lowest BCUT2D eigenvalue weighted by atomic mass is 10.0. The Bertz CT molecular complexity index is 321. The molecule has 0 aliphatic carbocycles. The quantitative estimate of drug-likeness (QED) is 0.775. The largest absolute Gasteiger partial charge is 0.372 e. The third-order valence-electron chi connectivity index (χ3n) is 2.82. The summed E-state index contributed by atoms with van der Waals surface area (Å²) in [6.45, 7) is 5.20. The third kappa shape index (κ3) is 2.13. The first-order valence-corrected chi connectivity index (χ1v) is 5.49. The molecule has 1 aliphatic rings. The van der Waals surface area contributed by atoms with E-state index in [0.717, 1.165) is 18.7 Å². The average molecular weight is 206 g/mol. The second kappa shape index (κ2) is 4.21. The molecule has 82 valence electrons. The van der Waals surface area contributed by atoms with Crippen LogP contribution < -0.4 is 10.4 Å². The van der Waals surface area contributed by atoms with Gasteiger partial charge in [-0.3, -0.25) is 5.01 Å². The maximum atomic E-state index is 9.68. The van der Waals surface area contributed by atoms with E-state index >= 15 is 0 Å². The van der Waals surface area contributed by atoms with Crippen LogP contribution in [0.3, 0.4) is 0 Å². The Morgan fingerprint density at radius 3 is 2.47 bits per heavy atom. The van der Waals surface area contributed by atoms with Crippen molar-refractivity contribution in [2.24, 2.45) is 0 Å². The highest BCUT2D eigenvalue weighted by Crippen LogP contribution is 2.22. The molecule has 3 nitrogen and oxygen atoms in total. The number of rotatable bonds is 2. The number of aliphatic hydroxyl groups is 1. The van der Waals surface area contributed by atoms with Crippen LogP contribution >= 0.6 is 0 Å². The molecule has 0 radical (unpaired) electrons. The van der Waals surface area contributed by atoms with E-state index in [1.54, 1.807) is 0 Å². The lowest BCUT2D eigenvalue weighted by molar-refractivity contribution is 0.183. The van der Waals surface area contributed by atoms with Crippen molar-refractivity contribution in [2.75, 3.05) is 11.6 Å². The Morgan fingerprint density at radius 2 is 2.00 bits per heavy atom. The highest BCUT2D eigenvalue weighted by atomic mass is 16.3. The van der Waals surface area contributed by atoms with Crippen LogP contribution in [-0.2, 0) is 0 Å². The number of benzene rings is 1. The number of nitrogens with one attached hydrogen (secondary N) is 1. The van der Waals surface area contributed by atoms with Crippen LogP contribution in [0.2, 0.25) is 0 Å². The van der Waals surface area contributed by atoms with E-state index in [-0.39, 0.29) is 0 Å². The van der Waals surface area contributed by atoms with Gasteiger partial charge in [-0.25, -0.2) is 5.43 Å². The molecule has 2 N–H and O–H groups in total. The zero-order valence-corrected chi connectivity index (χ0v) is 9.27. The topological polar surface area (TPSA) is 35.5 Å². The lowest BCUT2D eigenvalue weighted by Gasteiger charge is -2.22. The van der Waals surface area contributed by atoms with E-state index in [2.05, 4.69) is 43.5 Å². The smallest absolute Gasteiger partial charge is 0.142 e. The van der Waals surface area contributed by atoms with Crippen molar-refractivity contribution >= 4 is 5.69 Å². The molecule has 1 aromatic carbocycles. The molecule has 1 heterocycles. The van der Waals surface area contributed by atoms with E-state index in [1.807, 2.05) is 5.01 Å². The number of aliphatic hydroxyl groups excluding tert-OH is 1. The summed E-state index contributed by atoms with van der Waals surface area (Å²) in [5, 5.41) is 11.5. The molecule has 1 saturated heterocycles. The van der Waals surface area contributed by atoms with Crippen LogP contribution in [0.1, 0.15) is 31.7 Å². The van der Waals surface area contributed by atoms with Gasteiger partial charge < -0.3 is 5.11 Å². The van der Waals surface area contributed by atoms with Gasteiger partial charge in [0.25, 0.3) is 0 Å². The summed E-state index contributed by atoms with van der Waals surface area (Å²) in [4.78, 5) is 0. The van der Waals surface area contributed by atoms with Crippen molar-refractivity contribution in [3.8, 4) is 0 Å². The number of hydrazine groups is 1. The summed E-state index contributed by atoms with van der Waals surface area (Å²) in [5.74, 6) is 0.551. The molecule has 1 aliphatic heterocycles. The van der Waals surface area contributed by atoms with Gasteiger partial charge in [-0.2, -0.15) is 0 Å². The molecular formula is C12H18N2O. The number of nitrogens with zero attached hydrogens (tertiary/aromatic N) is 1. The minimum absolute atomic E-state index is 0.394. The summed E-state index contributed by atoms with van der Waals surface area (Å²) in [7, 11) is 0. The van der Waals surface area contributed by atoms with Gasteiger partial charge >= 0.3 is 0 Å². The standard InChI is InChI=1S/C12H18N2O/c1-9(2)10-3-5-11(6-4-10)14-12(15)7-8-13-14/h3-6,9,12-13,15H,7-8H2,1-2H3. The SMILES string of the molecule is CC(C)c1ccc(N2NCCC2O)cc1. The molecule has 3 heteroatoms. The normalized spacial score (nSPS) is 21.3. The Labute approximate surface area is 90.7 Å². The van der Waals surface area contributed by atoms with Crippen LogP contribution in [0, 0.1) is 0 Å². The first-order chi connectivity index (χ1) is 7.18. The summed E-state index contributed by atoms with van der Waals surface area (Å²) < 4.78 is 0. The number of anilines is 1. The molecule has 1 aromatic rings. The molecule has 0 amide bonds. The van der Waals surface area contributed by atoms with E-state index in [0.29, 0.717) is 5.92 Å². The molecule has 1 unspecified atom stereocenters. The fourth-order valence-electron chi connectivity index (χ4n) is 1.83. The highest BCUT2D eigenvalue weighted by molar-refractivity contribution is 5.48. The van der Waals surface area contributed by atoms with Crippen molar-refractivity contribution < 1.29 is 5.11 Å². The summed E-state index contributed by atoms with van der Waals surface area (Å²) in [6.07, 6.45) is 0.390.